The number of β-amino-alcohol motifs (C(OH)–C–C–N with tert-alkyl or cyclic N) is 1. The van der Waals surface area contributed by atoms with Crippen LogP contribution in [0.1, 0.15) is 27.2 Å². The van der Waals surface area contributed by atoms with E-state index in [1.165, 1.54) is 11.3 Å². The second-order valence-electron chi connectivity index (χ2n) is 7.48. The summed E-state index contributed by atoms with van der Waals surface area (Å²) in [6, 6.07) is 3.58. The average Bonchev–Trinajstić information content (AvgIpc) is 3.03. The molecule has 0 aliphatic carbocycles. The number of nitrogens with zero attached hydrogens (tertiary/aromatic N) is 3. The zero-order chi connectivity index (χ0) is 18.0. The molecular weight excluding hydrogens is 336 g/mol. The molecule has 0 aromatic carbocycles. The summed E-state index contributed by atoms with van der Waals surface area (Å²) < 4.78 is 0. The van der Waals surface area contributed by atoms with Gasteiger partial charge in [0.25, 0.3) is 0 Å². The number of hydrogen-bond donors (Lipinski definition) is 2. The zero-order valence-electron chi connectivity index (χ0n) is 14.8. The number of urea groups is 1. The lowest BCUT2D eigenvalue weighted by atomic mass is 9.74. The summed E-state index contributed by atoms with van der Waals surface area (Å²) >= 11 is 1.38. The highest BCUT2D eigenvalue weighted by atomic mass is 32.1. The van der Waals surface area contributed by atoms with Crippen molar-refractivity contribution in [2.45, 2.75) is 33.3 Å². The van der Waals surface area contributed by atoms with Crippen molar-refractivity contribution >= 4 is 22.5 Å². The van der Waals surface area contributed by atoms with Crippen molar-refractivity contribution in [2.75, 3.05) is 18.4 Å². The molecule has 2 N–H and O–H groups in total. The lowest BCUT2D eigenvalue weighted by Gasteiger charge is -2.42. The number of hydrogen-bond acceptors (Lipinski definition) is 5. The highest BCUT2D eigenvalue weighted by molar-refractivity contribution is 7.14. The van der Waals surface area contributed by atoms with Crippen molar-refractivity contribution in [1.82, 2.24) is 14.9 Å². The van der Waals surface area contributed by atoms with E-state index >= 15 is 0 Å². The van der Waals surface area contributed by atoms with Crippen LogP contribution < -0.4 is 5.32 Å². The number of thiazole rings is 1. The molecule has 2 atom stereocenters. The predicted octanol–water partition coefficient (Wildman–Crippen LogP) is 3.47. The molecular formula is C18H24N4O2S. The minimum atomic E-state index is -0.498. The third kappa shape index (κ3) is 4.16. The van der Waals surface area contributed by atoms with E-state index in [1.54, 1.807) is 17.3 Å². The Morgan fingerprint density at radius 3 is 2.88 bits per heavy atom. The number of amides is 2. The quantitative estimate of drug-likeness (QED) is 0.860. The van der Waals surface area contributed by atoms with Gasteiger partial charge in [0.15, 0.2) is 5.13 Å². The standard InChI is InChI=1S/C18H24N4O2S/c1-18(2,3)13-6-8-22(10-15(13)23)17(24)21-16-20-14(11-25-16)12-5-4-7-19-9-12/h4-5,7,9,11,13,15,23H,6,8,10H2,1-3H3,(H,20,21,24). The minimum absolute atomic E-state index is 0.0376. The maximum absolute atomic E-state index is 12.5. The molecule has 7 heteroatoms. The average molecular weight is 360 g/mol. The Labute approximate surface area is 151 Å². The molecule has 0 bridgehead atoms. The summed E-state index contributed by atoms with van der Waals surface area (Å²) in [5, 5.41) is 15.7. The number of carbonyl (C=O) groups is 1. The molecule has 2 aromatic heterocycles. The number of aliphatic hydroxyl groups is 1. The number of aliphatic hydroxyl groups excluding tert-OH is 1. The zero-order valence-corrected chi connectivity index (χ0v) is 15.6. The van der Waals surface area contributed by atoms with Gasteiger partial charge in [-0.3, -0.25) is 10.3 Å². The van der Waals surface area contributed by atoms with E-state index in [1.807, 2.05) is 17.5 Å². The van der Waals surface area contributed by atoms with Gasteiger partial charge in [-0.1, -0.05) is 20.8 Å². The van der Waals surface area contributed by atoms with Crippen LogP contribution in [0.5, 0.6) is 0 Å². The second-order valence-corrected chi connectivity index (χ2v) is 8.34. The predicted molar refractivity (Wildman–Crippen MR) is 99.5 cm³/mol. The summed E-state index contributed by atoms with van der Waals surface area (Å²) in [6.45, 7) is 7.39. The fraction of sp³-hybridized carbons (Fsp3) is 0.500. The fourth-order valence-electron chi connectivity index (χ4n) is 3.27. The molecule has 3 heterocycles. The number of piperidine rings is 1. The molecule has 2 aromatic rings. The van der Waals surface area contributed by atoms with E-state index in [2.05, 4.69) is 36.1 Å². The molecule has 134 valence electrons. The van der Waals surface area contributed by atoms with Gasteiger partial charge in [-0.2, -0.15) is 0 Å². The van der Waals surface area contributed by atoms with Gasteiger partial charge >= 0.3 is 6.03 Å². The van der Waals surface area contributed by atoms with E-state index in [9.17, 15) is 9.90 Å². The molecule has 1 aliphatic heterocycles. The van der Waals surface area contributed by atoms with Crippen molar-refractivity contribution in [3.63, 3.8) is 0 Å². The SMILES string of the molecule is CC(C)(C)C1CCN(C(=O)Nc2nc(-c3cccnc3)cs2)CC1O. The molecule has 1 saturated heterocycles. The largest absolute Gasteiger partial charge is 0.391 e. The third-order valence-electron chi connectivity index (χ3n) is 4.66. The van der Waals surface area contributed by atoms with E-state index in [0.717, 1.165) is 17.7 Å². The number of nitrogens with one attached hydrogen (secondary N) is 1. The fourth-order valence-corrected chi connectivity index (χ4v) is 3.98. The van der Waals surface area contributed by atoms with Crippen molar-refractivity contribution in [3.8, 4) is 11.3 Å². The van der Waals surface area contributed by atoms with Gasteiger partial charge in [0.2, 0.25) is 0 Å². The van der Waals surface area contributed by atoms with Gasteiger partial charge in [-0.25, -0.2) is 9.78 Å². The first kappa shape index (κ1) is 17.8. The van der Waals surface area contributed by atoms with Crippen LogP contribution in [0.15, 0.2) is 29.9 Å². The number of rotatable bonds is 2. The van der Waals surface area contributed by atoms with Gasteiger partial charge in [-0.05, 0) is 29.9 Å². The first-order valence-corrected chi connectivity index (χ1v) is 9.32. The van der Waals surface area contributed by atoms with Gasteiger partial charge in [0.05, 0.1) is 11.8 Å². The van der Waals surface area contributed by atoms with Crippen LogP contribution in [0.4, 0.5) is 9.93 Å². The molecule has 6 nitrogen and oxygen atoms in total. The van der Waals surface area contributed by atoms with Crippen LogP contribution in [0.2, 0.25) is 0 Å². The monoisotopic (exact) mass is 360 g/mol. The van der Waals surface area contributed by atoms with Crippen LogP contribution in [0.25, 0.3) is 11.3 Å². The Morgan fingerprint density at radius 2 is 2.24 bits per heavy atom. The number of aromatic nitrogens is 2. The topological polar surface area (TPSA) is 78.4 Å². The number of pyridine rings is 1. The molecule has 0 saturated carbocycles. The molecule has 2 unspecified atom stereocenters. The van der Waals surface area contributed by atoms with Crippen molar-refractivity contribution < 1.29 is 9.90 Å². The van der Waals surface area contributed by atoms with Gasteiger partial charge in [0.1, 0.15) is 0 Å². The van der Waals surface area contributed by atoms with Crippen molar-refractivity contribution in [1.29, 1.82) is 0 Å². The van der Waals surface area contributed by atoms with Crippen LogP contribution in [-0.4, -0.2) is 45.2 Å². The van der Waals surface area contributed by atoms with Crippen molar-refractivity contribution in [3.05, 3.63) is 29.9 Å². The number of likely N-dealkylation sites (tertiary alicyclic amines) is 1. The van der Waals surface area contributed by atoms with Crippen LogP contribution in [0, 0.1) is 11.3 Å². The highest BCUT2D eigenvalue weighted by Gasteiger charge is 2.37. The summed E-state index contributed by atoms with van der Waals surface area (Å²) in [5.74, 6) is 0.202. The first-order chi connectivity index (χ1) is 11.8. The Hall–Kier alpha value is -1.99. The molecule has 2 amide bonds. The van der Waals surface area contributed by atoms with Gasteiger partial charge in [0, 0.05) is 36.4 Å². The molecule has 0 radical (unpaired) electrons. The Morgan fingerprint density at radius 1 is 1.44 bits per heavy atom. The van der Waals surface area contributed by atoms with E-state index in [0.29, 0.717) is 18.2 Å². The Kier molecular flexibility index (Phi) is 5.06. The Balaban J connectivity index is 1.61. The summed E-state index contributed by atoms with van der Waals surface area (Å²) in [6.07, 6.45) is 3.76. The minimum Gasteiger partial charge on any atom is -0.391 e. The smallest absolute Gasteiger partial charge is 0.323 e. The van der Waals surface area contributed by atoms with Gasteiger partial charge in [-0.15, -0.1) is 11.3 Å². The summed E-state index contributed by atoms with van der Waals surface area (Å²) in [7, 11) is 0. The highest BCUT2D eigenvalue weighted by Crippen LogP contribution is 2.34. The lowest BCUT2D eigenvalue weighted by molar-refractivity contribution is -0.0108. The maximum atomic E-state index is 12.5. The van der Waals surface area contributed by atoms with E-state index in [-0.39, 0.29) is 17.4 Å². The Bertz CT molecular complexity index is 726. The number of carbonyl (C=O) groups excluding carboxylic acids is 1. The molecule has 1 aliphatic rings. The maximum Gasteiger partial charge on any atom is 0.323 e. The number of anilines is 1. The van der Waals surface area contributed by atoms with Gasteiger partial charge < -0.3 is 10.0 Å². The molecule has 3 rings (SSSR count). The van der Waals surface area contributed by atoms with Crippen molar-refractivity contribution in [2.24, 2.45) is 11.3 Å². The lowest BCUT2D eigenvalue weighted by Crippen LogP contribution is -2.51. The molecule has 0 spiro atoms. The summed E-state index contributed by atoms with van der Waals surface area (Å²) in [5.41, 5.74) is 1.75. The normalized spacial score (nSPS) is 21.2. The van der Waals surface area contributed by atoms with Crippen LogP contribution in [0.3, 0.4) is 0 Å². The first-order valence-electron chi connectivity index (χ1n) is 8.44. The second kappa shape index (κ2) is 7.09. The third-order valence-corrected chi connectivity index (χ3v) is 5.41. The van der Waals surface area contributed by atoms with E-state index in [4.69, 9.17) is 0 Å². The molecule has 25 heavy (non-hydrogen) atoms. The van der Waals surface area contributed by atoms with Crippen LogP contribution in [-0.2, 0) is 0 Å². The summed E-state index contributed by atoms with van der Waals surface area (Å²) in [4.78, 5) is 22.7. The van der Waals surface area contributed by atoms with E-state index < -0.39 is 6.10 Å². The molecule has 1 fully saturated rings. The van der Waals surface area contributed by atoms with Crippen LogP contribution >= 0.6 is 11.3 Å².